The van der Waals surface area contributed by atoms with Crippen LogP contribution in [0.4, 0.5) is 0 Å². The molecule has 2 rings (SSSR count). The molecule has 0 amide bonds. The second-order valence-electron chi connectivity index (χ2n) is 7.30. The Morgan fingerprint density at radius 1 is 1.37 bits per heavy atom. The molecule has 0 aromatic heterocycles. The lowest BCUT2D eigenvalue weighted by atomic mass is 9.49. The minimum atomic E-state index is -1.19. The van der Waals surface area contributed by atoms with Gasteiger partial charge in [-0.3, -0.25) is 0 Å². The summed E-state index contributed by atoms with van der Waals surface area (Å²) >= 11 is 0. The molecule has 0 aromatic rings. The maximum absolute atomic E-state index is 11.0. The Hall–Kier alpha value is -0.160. The average molecular weight is 272 g/mol. The number of fused-ring (bicyclic) bond motifs is 1. The van der Waals surface area contributed by atoms with Gasteiger partial charge in [0.2, 0.25) is 0 Å². The molecule has 0 radical (unpaired) electrons. The van der Waals surface area contributed by atoms with E-state index in [1.165, 1.54) is 0 Å². The molecule has 4 nitrogen and oxygen atoms in total. The maximum atomic E-state index is 11.0. The zero-order valence-corrected chi connectivity index (χ0v) is 12.3. The maximum Gasteiger partial charge on any atom is 0.0961 e. The molecule has 2 aliphatic rings. The van der Waals surface area contributed by atoms with Crippen molar-refractivity contribution in [3.63, 3.8) is 0 Å². The van der Waals surface area contributed by atoms with Gasteiger partial charge >= 0.3 is 0 Å². The molecule has 0 spiro atoms. The number of aliphatic hydroxyl groups excluding tert-OH is 2. The number of hydrogen-bond acceptors (Lipinski definition) is 4. The summed E-state index contributed by atoms with van der Waals surface area (Å²) in [6.45, 7) is 5.45. The Balaban J connectivity index is 2.33. The van der Waals surface area contributed by atoms with E-state index in [0.717, 1.165) is 12.8 Å². The topological polar surface area (TPSA) is 80.9 Å². The van der Waals surface area contributed by atoms with Crippen molar-refractivity contribution in [3.05, 3.63) is 0 Å². The van der Waals surface area contributed by atoms with Gasteiger partial charge < -0.3 is 20.4 Å². The molecule has 0 heterocycles. The van der Waals surface area contributed by atoms with Gasteiger partial charge in [0.1, 0.15) is 0 Å². The highest BCUT2D eigenvalue weighted by molar-refractivity contribution is 5.11. The molecule has 0 unspecified atom stereocenters. The van der Waals surface area contributed by atoms with Gasteiger partial charge in [0.25, 0.3) is 0 Å². The summed E-state index contributed by atoms with van der Waals surface area (Å²) in [5.74, 6) is 0.122. The van der Waals surface area contributed by atoms with Gasteiger partial charge in [-0.15, -0.1) is 0 Å². The summed E-state index contributed by atoms with van der Waals surface area (Å²) in [7, 11) is 0. The summed E-state index contributed by atoms with van der Waals surface area (Å²) < 4.78 is 0. The molecule has 4 N–H and O–H groups in total. The van der Waals surface area contributed by atoms with E-state index >= 15 is 0 Å². The van der Waals surface area contributed by atoms with E-state index in [4.69, 9.17) is 0 Å². The first kappa shape index (κ1) is 15.2. The van der Waals surface area contributed by atoms with Crippen LogP contribution in [0.25, 0.3) is 0 Å². The number of rotatable bonds is 2. The van der Waals surface area contributed by atoms with Crippen LogP contribution in [0.2, 0.25) is 0 Å². The van der Waals surface area contributed by atoms with Crippen molar-refractivity contribution in [2.75, 3.05) is 6.61 Å². The van der Waals surface area contributed by atoms with Crippen LogP contribution in [-0.4, -0.2) is 44.3 Å². The molecule has 2 fully saturated rings. The van der Waals surface area contributed by atoms with Gasteiger partial charge in [-0.25, -0.2) is 0 Å². The van der Waals surface area contributed by atoms with Crippen molar-refractivity contribution in [2.45, 2.75) is 70.2 Å². The van der Waals surface area contributed by atoms with Crippen molar-refractivity contribution < 1.29 is 20.4 Å². The first-order valence-electron chi connectivity index (χ1n) is 7.41. The number of hydrogen-bond donors (Lipinski definition) is 4. The average Bonchev–Trinajstić information content (AvgIpc) is 2.34. The smallest absolute Gasteiger partial charge is 0.0961 e. The van der Waals surface area contributed by atoms with Gasteiger partial charge in [0.15, 0.2) is 0 Å². The van der Waals surface area contributed by atoms with Gasteiger partial charge in [-0.2, -0.15) is 0 Å². The first-order valence-corrected chi connectivity index (χ1v) is 7.41. The van der Waals surface area contributed by atoms with Crippen LogP contribution in [0.1, 0.15) is 52.9 Å². The predicted octanol–water partition coefficient (Wildman–Crippen LogP) is 1.06. The van der Waals surface area contributed by atoms with E-state index in [2.05, 4.69) is 6.92 Å². The summed E-state index contributed by atoms with van der Waals surface area (Å²) in [5, 5.41) is 41.0. The molecule has 19 heavy (non-hydrogen) atoms. The minimum Gasteiger partial charge on any atom is -0.393 e. The third-order valence-corrected chi connectivity index (χ3v) is 6.20. The van der Waals surface area contributed by atoms with E-state index in [9.17, 15) is 20.4 Å². The summed E-state index contributed by atoms with van der Waals surface area (Å²) in [6.07, 6.45) is 2.78. The molecule has 0 bridgehead atoms. The van der Waals surface area contributed by atoms with Gasteiger partial charge in [0, 0.05) is 5.41 Å². The fourth-order valence-corrected chi connectivity index (χ4v) is 4.30. The highest BCUT2D eigenvalue weighted by atomic mass is 16.3. The third-order valence-electron chi connectivity index (χ3n) is 6.20. The molecule has 2 saturated carbocycles. The lowest BCUT2D eigenvalue weighted by Crippen LogP contribution is -2.65. The zero-order chi connectivity index (χ0) is 14.5. The molecule has 0 aromatic carbocycles. The second kappa shape index (κ2) is 4.69. The summed E-state index contributed by atoms with van der Waals surface area (Å²) in [4.78, 5) is 0. The molecular weight excluding hydrogens is 244 g/mol. The highest BCUT2D eigenvalue weighted by Crippen LogP contribution is 2.58. The second-order valence-corrected chi connectivity index (χ2v) is 7.30. The quantitative estimate of drug-likeness (QED) is 0.606. The minimum absolute atomic E-state index is 0.182. The van der Waals surface area contributed by atoms with E-state index in [1.807, 2.05) is 6.92 Å². The summed E-state index contributed by atoms with van der Waals surface area (Å²) in [5.41, 5.74) is -2.64. The van der Waals surface area contributed by atoms with Crippen LogP contribution in [-0.2, 0) is 0 Å². The Morgan fingerprint density at radius 3 is 2.58 bits per heavy atom. The largest absolute Gasteiger partial charge is 0.393 e. The van der Waals surface area contributed by atoms with E-state index in [1.54, 1.807) is 6.92 Å². The monoisotopic (exact) mass is 272 g/mol. The van der Waals surface area contributed by atoms with Crippen LogP contribution in [0.5, 0.6) is 0 Å². The summed E-state index contributed by atoms with van der Waals surface area (Å²) in [6, 6.07) is 0. The molecule has 0 aliphatic heterocycles. The predicted molar refractivity (Wildman–Crippen MR) is 72.5 cm³/mol. The Bertz CT molecular complexity index is 343. The fourth-order valence-electron chi connectivity index (χ4n) is 4.30. The SMILES string of the molecule is C[C@H]1CCC[C@@]2(O)[C@@H](O)C[C@H]([C@@](C)(O)CO)C[C@]12C. The normalized spacial score (nSPS) is 50.4. The van der Waals surface area contributed by atoms with Crippen LogP contribution >= 0.6 is 0 Å². The van der Waals surface area contributed by atoms with Crippen LogP contribution < -0.4 is 0 Å². The van der Waals surface area contributed by atoms with E-state index in [-0.39, 0.29) is 12.5 Å². The van der Waals surface area contributed by atoms with Crippen molar-refractivity contribution in [1.29, 1.82) is 0 Å². The first-order chi connectivity index (χ1) is 8.67. The Morgan fingerprint density at radius 2 is 2.00 bits per heavy atom. The van der Waals surface area contributed by atoms with Gasteiger partial charge in [-0.1, -0.05) is 20.3 Å². The van der Waals surface area contributed by atoms with Crippen molar-refractivity contribution in [2.24, 2.45) is 17.3 Å². The standard InChI is InChI=1S/C15H28O4/c1-10-5-4-6-15(19)12(17)7-11(8-13(10,15)2)14(3,18)9-16/h10-12,16-19H,4-9H2,1-3H3/t10-,11-,12-,13+,14-,15+/m0/s1. The molecule has 4 heteroatoms. The van der Waals surface area contributed by atoms with Crippen LogP contribution in [0.3, 0.4) is 0 Å². The van der Waals surface area contributed by atoms with E-state index < -0.39 is 22.7 Å². The van der Waals surface area contributed by atoms with Crippen molar-refractivity contribution in [3.8, 4) is 0 Å². The van der Waals surface area contributed by atoms with Crippen LogP contribution in [0, 0.1) is 17.3 Å². The third kappa shape index (κ3) is 2.13. The molecule has 0 saturated heterocycles. The molecule has 2 aliphatic carbocycles. The lowest BCUT2D eigenvalue weighted by Gasteiger charge is -2.60. The number of aliphatic hydroxyl groups is 4. The Labute approximate surface area is 115 Å². The molecular formula is C15H28O4. The van der Waals surface area contributed by atoms with Crippen molar-refractivity contribution in [1.82, 2.24) is 0 Å². The fraction of sp³-hybridized carbons (Fsp3) is 1.00. The van der Waals surface area contributed by atoms with Gasteiger partial charge in [-0.05, 0) is 44.4 Å². The van der Waals surface area contributed by atoms with Crippen LogP contribution in [0.15, 0.2) is 0 Å². The molecule has 112 valence electrons. The lowest BCUT2D eigenvalue weighted by molar-refractivity contribution is -0.242. The zero-order valence-electron chi connectivity index (χ0n) is 12.3. The highest BCUT2D eigenvalue weighted by Gasteiger charge is 2.61. The molecule has 6 atom stereocenters. The van der Waals surface area contributed by atoms with Crippen molar-refractivity contribution >= 4 is 0 Å². The van der Waals surface area contributed by atoms with Gasteiger partial charge in [0.05, 0.1) is 23.9 Å². The Kier molecular flexibility index (Phi) is 3.76. The van der Waals surface area contributed by atoms with E-state index in [0.29, 0.717) is 25.2 Å².